The number of halogens is 1. The van der Waals surface area contributed by atoms with Crippen LogP contribution in [0.3, 0.4) is 0 Å². The average molecular weight is 488 g/mol. The Morgan fingerprint density at radius 1 is 0.943 bits per heavy atom. The van der Waals surface area contributed by atoms with Gasteiger partial charge in [-0.2, -0.15) is 0 Å². The van der Waals surface area contributed by atoms with Gasteiger partial charge in [0.05, 0.1) is 22.6 Å². The smallest absolute Gasteiger partial charge is 0.253 e. The monoisotopic (exact) mass is 487 g/mol. The number of thioether (sulfide) groups is 1. The van der Waals surface area contributed by atoms with Crippen LogP contribution >= 0.6 is 11.8 Å². The van der Waals surface area contributed by atoms with Crippen LogP contribution in [0.5, 0.6) is 0 Å². The lowest BCUT2D eigenvalue weighted by Crippen LogP contribution is -2.27. The molecule has 0 saturated heterocycles. The number of amides is 2. The summed E-state index contributed by atoms with van der Waals surface area (Å²) < 4.78 is 16.3. The van der Waals surface area contributed by atoms with Crippen molar-refractivity contribution >= 4 is 29.3 Å². The standard InChI is InChI=1S/C26H22FN5O2S/c27-21-12-6-4-10-19(21)24-30-31-26(32(24)18-8-2-1-3-9-18)35-16-23(33)29-22-13-7-5-11-20(22)25(34)28-17-14-15-17/h1-13,17H,14-16H2,(H,28,34)(H,29,33). The Bertz CT molecular complexity index is 1370. The fourth-order valence-electron chi connectivity index (χ4n) is 3.59. The Labute approximate surface area is 205 Å². The third-order valence-electron chi connectivity index (χ3n) is 5.45. The molecule has 1 saturated carbocycles. The van der Waals surface area contributed by atoms with Crippen LogP contribution in [-0.2, 0) is 4.79 Å². The van der Waals surface area contributed by atoms with Gasteiger partial charge in [0.25, 0.3) is 5.91 Å². The van der Waals surface area contributed by atoms with E-state index in [-0.39, 0.29) is 23.6 Å². The third-order valence-corrected chi connectivity index (χ3v) is 6.38. The van der Waals surface area contributed by atoms with E-state index < -0.39 is 5.82 Å². The Morgan fingerprint density at radius 3 is 2.43 bits per heavy atom. The Hall–Kier alpha value is -3.98. The lowest BCUT2D eigenvalue weighted by atomic mass is 10.1. The molecule has 3 aromatic carbocycles. The lowest BCUT2D eigenvalue weighted by molar-refractivity contribution is -0.113. The molecule has 35 heavy (non-hydrogen) atoms. The third kappa shape index (κ3) is 5.25. The van der Waals surface area contributed by atoms with Gasteiger partial charge >= 0.3 is 0 Å². The van der Waals surface area contributed by atoms with Gasteiger partial charge in [-0.25, -0.2) is 4.39 Å². The number of hydrogen-bond donors (Lipinski definition) is 2. The molecule has 9 heteroatoms. The summed E-state index contributed by atoms with van der Waals surface area (Å²) in [6, 6.07) is 22.9. The van der Waals surface area contributed by atoms with Crippen molar-refractivity contribution in [1.82, 2.24) is 20.1 Å². The number of aromatic nitrogens is 3. The summed E-state index contributed by atoms with van der Waals surface area (Å²) in [5.41, 5.74) is 1.94. The van der Waals surface area contributed by atoms with E-state index in [0.717, 1.165) is 18.5 Å². The Balaban J connectivity index is 1.36. The van der Waals surface area contributed by atoms with Crippen LogP contribution < -0.4 is 10.6 Å². The second-order valence-corrected chi connectivity index (χ2v) is 9.03. The van der Waals surface area contributed by atoms with Gasteiger partial charge in [-0.05, 0) is 49.2 Å². The van der Waals surface area contributed by atoms with E-state index >= 15 is 0 Å². The first kappa shape index (κ1) is 22.8. The van der Waals surface area contributed by atoms with Crippen molar-refractivity contribution in [3.8, 4) is 17.1 Å². The zero-order valence-electron chi connectivity index (χ0n) is 18.6. The zero-order valence-corrected chi connectivity index (χ0v) is 19.5. The minimum Gasteiger partial charge on any atom is -0.349 e. The molecule has 0 unspecified atom stereocenters. The number of carbonyl (C=O) groups is 2. The number of nitrogens with one attached hydrogen (secondary N) is 2. The second-order valence-electron chi connectivity index (χ2n) is 8.09. The van der Waals surface area contributed by atoms with Crippen LogP contribution in [0.4, 0.5) is 10.1 Å². The summed E-state index contributed by atoms with van der Waals surface area (Å²) in [6.45, 7) is 0. The van der Waals surface area contributed by atoms with Gasteiger partial charge in [-0.3, -0.25) is 14.2 Å². The minimum atomic E-state index is -0.410. The first-order valence-electron chi connectivity index (χ1n) is 11.2. The van der Waals surface area contributed by atoms with Crippen LogP contribution in [0.25, 0.3) is 17.1 Å². The molecule has 1 aliphatic rings. The highest BCUT2D eigenvalue weighted by molar-refractivity contribution is 7.99. The topological polar surface area (TPSA) is 88.9 Å². The fraction of sp³-hybridized carbons (Fsp3) is 0.154. The van der Waals surface area contributed by atoms with Crippen LogP contribution in [0.1, 0.15) is 23.2 Å². The van der Waals surface area contributed by atoms with Crippen molar-refractivity contribution < 1.29 is 14.0 Å². The van der Waals surface area contributed by atoms with Gasteiger partial charge in [-0.1, -0.05) is 54.2 Å². The molecule has 0 atom stereocenters. The molecule has 1 fully saturated rings. The maximum absolute atomic E-state index is 14.5. The summed E-state index contributed by atoms with van der Waals surface area (Å²) in [5.74, 6) is -0.529. The SMILES string of the molecule is O=C(CSc1nnc(-c2ccccc2F)n1-c1ccccc1)Nc1ccccc1C(=O)NC1CC1. The van der Waals surface area contributed by atoms with Crippen LogP contribution in [-0.4, -0.2) is 38.4 Å². The molecule has 5 rings (SSSR count). The molecule has 7 nitrogen and oxygen atoms in total. The van der Waals surface area contributed by atoms with E-state index in [4.69, 9.17) is 0 Å². The number of benzene rings is 3. The molecule has 0 radical (unpaired) electrons. The highest BCUT2D eigenvalue weighted by Crippen LogP contribution is 2.29. The van der Waals surface area contributed by atoms with E-state index in [0.29, 0.717) is 27.8 Å². The van der Waals surface area contributed by atoms with Crippen molar-refractivity contribution in [1.29, 1.82) is 0 Å². The lowest BCUT2D eigenvalue weighted by Gasteiger charge is -2.12. The van der Waals surface area contributed by atoms with Crippen molar-refractivity contribution in [3.63, 3.8) is 0 Å². The molecule has 0 spiro atoms. The summed E-state index contributed by atoms with van der Waals surface area (Å²) in [6.07, 6.45) is 1.96. The van der Waals surface area contributed by atoms with Crippen LogP contribution in [0.15, 0.2) is 84.0 Å². The normalized spacial score (nSPS) is 12.8. The molecule has 4 aromatic rings. The highest BCUT2D eigenvalue weighted by Gasteiger charge is 2.25. The number of hydrogen-bond acceptors (Lipinski definition) is 5. The van der Waals surface area contributed by atoms with Gasteiger partial charge in [-0.15, -0.1) is 10.2 Å². The predicted molar refractivity (Wildman–Crippen MR) is 133 cm³/mol. The van der Waals surface area contributed by atoms with Gasteiger partial charge in [0.1, 0.15) is 5.82 Å². The van der Waals surface area contributed by atoms with Gasteiger partial charge in [0.15, 0.2) is 11.0 Å². The summed E-state index contributed by atoms with van der Waals surface area (Å²) in [7, 11) is 0. The fourth-order valence-corrected chi connectivity index (χ4v) is 4.34. The predicted octanol–water partition coefficient (Wildman–Crippen LogP) is 4.70. The molecule has 0 aliphatic heterocycles. The van der Waals surface area contributed by atoms with E-state index in [2.05, 4.69) is 20.8 Å². The molecular weight excluding hydrogens is 465 g/mol. The minimum absolute atomic E-state index is 0.0286. The number of nitrogens with zero attached hydrogens (tertiary/aromatic N) is 3. The van der Waals surface area contributed by atoms with Crippen molar-refractivity contribution in [2.75, 3.05) is 11.1 Å². The number of rotatable bonds is 8. The number of carbonyl (C=O) groups excluding carboxylic acids is 2. The molecule has 1 aliphatic carbocycles. The molecule has 176 valence electrons. The largest absolute Gasteiger partial charge is 0.349 e. The van der Waals surface area contributed by atoms with Crippen LogP contribution in [0.2, 0.25) is 0 Å². The van der Waals surface area contributed by atoms with E-state index in [1.54, 1.807) is 47.0 Å². The quantitative estimate of drug-likeness (QED) is 0.352. The zero-order chi connectivity index (χ0) is 24.2. The Kier molecular flexibility index (Phi) is 6.58. The summed E-state index contributed by atoms with van der Waals surface area (Å²) in [4.78, 5) is 25.3. The van der Waals surface area contributed by atoms with Gasteiger partial charge in [0, 0.05) is 11.7 Å². The van der Waals surface area contributed by atoms with E-state index in [9.17, 15) is 14.0 Å². The number of para-hydroxylation sites is 2. The molecule has 1 aromatic heterocycles. The molecule has 2 amide bonds. The van der Waals surface area contributed by atoms with Gasteiger partial charge in [0.2, 0.25) is 5.91 Å². The molecule has 0 bridgehead atoms. The average Bonchev–Trinajstić information content (AvgIpc) is 3.59. The molecular formula is C26H22FN5O2S. The van der Waals surface area contributed by atoms with Crippen molar-refractivity contribution in [3.05, 3.63) is 90.2 Å². The number of anilines is 1. The second kappa shape index (κ2) is 10.1. The molecule has 2 N–H and O–H groups in total. The Morgan fingerprint density at radius 2 is 1.66 bits per heavy atom. The maximum Gasteiger partial charge on any atom is 0.253 e. The first-order chi connectivity index (χ1) is 17.1. The van der Waals surface area contributed by atoms with Crippen molar-refractivity contribution in [2.24, 2.45) is 0 Å². The first-order valence-corrected chi connectivity index (χ1v) is 12.2. The van der Waals surface area contributed by atoms with Crippen molar-refractivity contribution in [2.45, 2.75) is 24.0 Å². The molecule has 1 heterocycles. The van der Waals surface area contributed by atoms with Crippen LogP contribution in [0, 0.1) is 5.82 Å². The van der Waals surface area contributed by atoms with E-state index in [1.807, 2.05) is 30.3 Å². The van der Waals surface area contributed by atoms with E-state index in [1.165, 1.54) is 17.8 Å². The summed E-state index contributed by atoms with van der Waals surface area (Å²) in [5, 5.41) is 14.7. The maximum atomic E-state index is 14.5. The summed E-state index contributed by atoms with van der Waals surface area (Å²) >= 11 is 1.18. The van der Waals surface area contributed by atoms with Gasteiger partial charge < -0.3 is 10.6 Å². The highest BCUT2D eigenvalue weighted by atomic mass is 32.2.